The Kier molecular flexibility index (Phi) is 3.84. The van der Waals surface area contributed by atoms with Gasteiger partial charge in [0, 0.05) is 22.2 Å². The molecule has 3 unspecified atom stereocenters. The number of carbonyl (C=O) groups is 2. The lowest BCUT2D eigenvalue weighted by Crippen LogP contribution is -2.40. The van der Waals surface area contributed by atoms with Gasteiger partial charge < -0.3 is 15.3 Å². The number of rotatable bonds is 2. The second-order valence-corrected chi connectivity index (χ2v) is 6.71. The Hall–Kier alpha value is -1.27. The summed E-state index contributed by atoms with van der Waals surface area (Å²) in [6.45, 7) is 0. The molecule has 112 valence electrons. The first-order valence-corrected chi connectivity index (χ1v) is 7.91. The van der Waals surface area contributed by atoms with Gasteiger partial charge in [0.05, 0.1) is 10.9 Å². The Morgan fingerprint density at radius 1 is 1.38 bits per heavy atom. The van der Waals surface area contributed by atoms with Crippen molar-refractivity contribution in [1.82, 2.24) is 4.90 Å². The molecule has 2 aliphatic rings. The summed E-state index contributed by atoms with van der Waals surface area (Å²) < 4.78 is 0.759. The zero-order valence-corrected chi connectivity index (χ0v) is 13.4. The second kappa shape index (κ2) is 5.50. The average molecular weight is 374 g/mol. The van der Waals surface area contributed by atoms with Gasteiger partial charge >= 0.3 is 12.0 Å². The van der Waals surface area contributed by atoms with Crippen LogP contribution in [0, 0.1) is 5.92 Å². The highest BCUT2D eigenvalue weighted by Crippen LogP contribution is 2.42. The number of nitrogens with zero attached hydrogens (tertiary/aromatic N) is 1. The number of halogens is 2. The normalized spacial score (nSPS) is 27.0. The van der Waals surface area contributed by atoms with Gasteiger partial charge in [-0.3, -0.25) is 4.79 Å². The van der Waals surface area contributed by atoms with Crippen LogP contribution >= 0.6 is 27.5 Å². The van der Waals surface area contributed by atoms with Crippen molar-refractivity contribution in [1.29, 1.82) is 0 Å². The molecular formula is C14H14BrClN2O3. The fourth-order valence-corrected chi connectivity index (χ4v) is 3.76. The summed E-state index contributed by atoms with van der Waals surface area (Å²) in [6, 6.07) is 4.76. The summed E-state index contributed by atoms with van der Waals surface area (Å²) in [7, 11) is 0. The van der Waals surface area contributed by atoms with Gasteiger partial charge in [-0.05, 0) is 53.4 Å². The lowest BCUT2D eigenvalue weighted by atomic mass is 9.89. The highest BCUT2D eigenvalue weighted by molar-refractivity contribution is 9.10. The molecule has 0 radical (unpaired) electrons. The van der Waals surface area contributed by atoms with E-state index in [1.165, 1.54) is 0 Å². The maximum atomic E-state index is 12.4. The van der Waals surface area contributed by atoms with Gasteiger partial charge in [0.1, 0.15) is 0 Å². The molecule has 0 aliphatic carbocycles. The van der Waals surface area contributed by atoms with Crippen LogP contribution in [-0.4, -0.2) is 34.1 Å². The Labute approximate surface area is 135 Å². The van der Waals surface area contributed by atoms with E-state index in [0.29, 0.717) is 17.1 Å². The smallest absolute Gasteiger partial charge is 0.322 e. The third-order valence-corrected chi connectivity index (χ3v) is 5.49. The molecule has 0 spiro atoms. The molecular weight excluding hydrogens is 360 g/mol. The van der Waals surface area contributed by atoms with Crippen molar-refractivity contribution in [3.8, 4) is 0 Å². The number of urea groups is 1. The Morgan fingerprint density at radius 3 is 2.76 bits per heavy atom. The van der Waals surface area contributed by atoms with Gasteiger partial charge in [-0.2, -0.15) is 0 Å². The van der Waals surface area contributed by atoms with E-state index in [2.05, 4.69) is 21.2 Å². The van der Waals surface area contributed by atoms with Crippen LogP contribution in [0.15, 0.2) is 22.7 Å². The number of benzene rings is 1. The summed E-state index contributed by atoms with van der Waals surface area (Å²) in [5.74, 6) is -1.25. The number of fused-ring (bicyclic) bond motifs is 2. The number of carboxylic acid groups (broad SMARTS) is 1. The molecule has 2 amide bonds. The third-order valence-electron chi connectivity index (χ3n) is 4.26. The Balaban J connectivity index is 1.74. The van der Waals surface area contributed by atoms with Crippen LogP contribution in [0.2, 0.25) is 5.02 Å². The molecule has 0 aromatic heterocycles. The monoisotopic (exact) mass is 372 g/mol. The van der Waals surface area contributed by atoms with E-state index in [9.17, 15) is 14.7 Å². The van der Waals surface area contributed by atoms with Crippen molar-refractivity contribution in [3.63, 3.8) is 0 Å². The lowest BCUT2D eigenvalue weighted by molar-refractivity contribution is -0.142. The fourth-order valence-electron chi connectivity index (χ4n) is 3.33. The van der Waals surface area contributed by atoms with Crippen LogP contribution in [0.1, 0.15) is 19.3 Å². The van der Waals surface area contributed by atoms with E-state index < -0.39 is 11.9 Å². The predicted octanol–water partition coefficient (Wildman–Crippen LogP) is 3.57. The van der Waals surface area contributed by atoms with Crippen molar-refractivity contribution in [2.24, 2.45) is 5.92 Å². The highest BCUT2D eigenvalue weighted by Gasteiger charge is 2.51. The van der Waals surface area contributed by atoms with Crippen LogP contribution in [0.5, 0.6) is 0 Å². The largest absolute Gasteiger partial charge is 0.481 e. The number of carboxylic acids is 1. The van der Waals surface area contributed by atoms with Crippen LogP contribution in [0.3, 0.4) is 0 Å². The van der Waals surface area contributed by atoms with Gasteiger partial charge in [-0.15, -0.1) is 0 Å². The SMILES string of the molecule is O=C(O)C1CC2CCC1N2C(=O)Nc1ccc(Br)c(Cl)c1. The number of hydrogen-bond acceptors (Lipinski definition) is 2. The van der Waals surface area contributed by atoms with Gasteiger partial charge in [-0.25, -0.2) is 4.79 Å². The summed E-state index contributed by atoms with van der Waals surface area (Å²) in [5.41, 5.74) is 0.603. The molecule has 3 atom stereocenters. The number of carbonyl (C=O) groups excluding carboxylic acids is 1. The first-order valence-electron chi connectivity index (χ1n) is 6.74. The van der Waals surface area contributed by atoms with E-state index in [1.54, 1.807) is 23.1 Å². The van der Waals surface area contributed by atoms with Crippen LogP contribution in [0.25, 0.3) is 0 Å². The van der Waals surface area contributed by atoms with Crippen molar-refractivity contribution >= 4 is 45.2 Å². The van der Waals surface area contributed by atoms with Crippen molar-refractivity contribution in [2.45, 2.75) is 31.3 Å². The van der Waals surface area contributed by atoms with Gasteiger partial charge in [0.25, 0.3) is 0 Å². The molecule has 2 heterocycles. The van der Waals surface area contributed by atoms with Crippen LogP contribution in [0.4, 0.5) is 10.5 Å². The van der Waals surface area contributed by atoms with Crippen molar-refractivity contribution < 1.29 is 14.7 Å². The Morgan fingerprint density at radius 2 is 2.14 bits per heavy atom. The number of hydrogen-bond donors (Lipinski definition) is 2. The summed E-state index contributed by atoms with van der Waals surface area (Å²) in [4.78, 5) is 25.3. The average Bonchev–Trinajstić information content (AvgIpc) is 3.00. The summed E-state index contributed by atoms with van der Waals surface area (Å²) in [5, 5.41) is 12.5. The number of nitrogens with one attached hydrogen (secondary N) is 1. The van der Waals surface area contributed by atoms with Crippen molar-refractivity contribution in [3.05, 3.63) is 27.7 Å². The van der Waals surface area contributed by atoms with Crippen molar-refractivity contribution in [2.75, 3.05) is 5.32 Å². The molecule has 1 aromatic rings. The lowest BCUT2D eigenvalue weighted by Gasteiger charge is -2.23. The van der Waals surface area contributed by atoms with Gasteiger partial charge in [0.2, 0.25) is 0 Å². The van der Waals surface area contributed by atoms with E-state index in [-0.39, 0.29) is 18.1 Å². The van der Waals surface area contributed by atoms with E-state index in [4.69, 9.17) is 11.6 Å². The van der Waals surface area contributed by atoms with Gasteiger partial charge in [-0.1, -0.05) is 11.6 Å². The minimum Gasteiger partial charge on any atom is -0.481 e. The molecule has 0 saturated carbocycles. The first-order chi connectivity index (χ1) is 9.97. The molecule has 2 bridgehead atoms. The topological polar surface area (TPSA) is 69.6 Å². The molecule has 3 rings (SSSR count). The number of amides is 2. The molecule has 5 nitrogen and oxygen atoms in total. The fraction of sp³-hybridized carbons (Fsp3) is 0.429. The third kappa shape index (κ3) is 2.62. The molecule has 2 aliphatic heterocycles. The predicted molar refractivity (Wildman–Crippen MR) is 82.6 cm³/mol. The second-order valence-electron chi connectivity index (χ2n) is 5.45. The molecule has 7 heteroatoms. The molecule has 2 N–H and O–H groups in total. The number of anilines is 1. The quantitative estimate of drug-likeness (QED) is 0.832. The first kappa shape index (κ1) is 14.7. The standard InChI is InChI=1S/C14H14BrClN2O3/c15-10-3-1-7(5-11(10)16)17-14(21)18-8-2-4-12(18)9(6-8)13(19)20/h1,3,5,8-9,12H,2,4,6H2,(H,17,21)(H,19,20). The highest BCUT2D eigenvalue weighted by atomic mass is 79.9. The minimum absolute atomic E-state index is 0.0296. The van der Waals surface area contributed by atoms with Crippen LogP contribution in [-0.2, 0) is 4.79 Å². The maximum Gasteiger partial charge on any atom is 0.322 e. The minimum atomic E-state index is -0.813. The van der Waals surface area contributed by atoms with E-state index in [1.807, 2.05) is 0 Å². The molecule has 1 aromatic carbocycles. The Bertz CT molecular complexity index is 610. The van der Waals surface area contributed by atoms with E-state index >= 15 is 0 Å². The van der Waals surface area contributed by atoms with Gasteiger partial charge in [0.15, 0.2) is 0 Å². The number of aliphatic carboxylic acids is 1. The zero-order chi connectivity index (χ0) is 15.1. The summed E-state index contributed by atoms with van der Waals surface area (Å²) in [6.07, 6.45) is 2.19. The van der Waals surface area contributed by atoms with E-state index in [0.717, 1.165) is 17.3 Å². The maximum absolute atomic E-state index is 12.4. The molecule has 21 heavy (non-hydrogen) atoms. The van der Waals surface area contributed by atoms with Crippen LogP contribution < -0.4 is 5.32 Å². The zero-order valence-electron chi connectivity index (χ0n) is 11.1. The summed E-state index contributed by atoms with van der Waals surface area (Å²) >= 11 is 9.30. The molecule has 2 fully saturated rings. The molecule has 2 saturated heterocycles.